The van der Waals surface area contributed by atoms with Crippen molar-refractivity contribution in [1.29, 1.82) is 0 Å². The third kappa shape index (κ3) is 0.122. The molecule has 0 bridgehead atoms. The zero-order valence-electron chi connectivity index (χ0n) is 4.93. The molecule has 0 N–H and O–H groups in total. The van der Waals surface area contributed by atoms with Gasteiger partial charge in [0.2, 0.25) is 0 Å². The molecule has 0 heteroatoms. The first-order valence-electron chi connectivity index (χ1n) is 3.93. The van der Waals surface area contributed by atoms with Crippen LogP contribution in [0.2, 0.25) is 0 Å². The molecular weight excluding hydrogens is 96.1 g/mol. The number of rotatable bonds is 0. The van der Waals surface area contributed by atoms with Crippen molar-refractivity contribution >= 4 is 0 Å². The normalized spacial score (nSPS) is 87.0. The van der Waals surface area contributed by atoms with Gasteiger partial charge in [-0.05, 0) is 48.3 Å². The summed E-state index contributed by atoms with van der Waals surface area (Å²) in [4.78, 5) is 0. The van der Waals surface area contributed by atoms with Crippen LogP contribution in [0.1, 0.15) is 19.3 Å². The van der Waals surface area contributed by atoms with Crippen molar-refractivity contribution in [2.24, 2.45) is 29.1 Å². The minimum atomic E-state index is 1.06. The molecule has 4 saturated carbocycles. The van der Waals surface area contributed by atoms with Gasteiger partial charge in [0.05, 0.1) is 0 Å². The smallest absolute Gasteiger partial charge is 0.0201 e. The Balaban J connectivity index is 2.04. The summed E-state index contributed by atoms with van der Waals surface area (Å²) in [7, 11) is 0. The predicted molar refractivity (Wildman–Crippen MR) is 30.2 cm³/mol. The second-order valence-corrected chi connectivity index (χ2v) is 4.38. The Morgan fingerprint density at radius 2 is 2.25 bits per heavy atom. The average Bonchev–Trinajstić information content (AvgIpc) is 2.43. The first kappa shape index (κ1) is 3.24. The highest BCUT2D eigenvalue weighted by Crippen LogP contribution is 2.94. The van der Waals surface area contributed by atoms with Gasteiger partial charge in [-0.25, -0.2) is 0 Å². The second kappa shape index (κ2) is 0.571. The lowest BCUT2D eigenvalue weighted by atomic mass is 9.82. The van der Waals surface area contributed by atoms with Crippen LogP contribution >= 0.6 is 0 Å². The molecule has 4 rings (SSSR count). The molecule has 5 atom stereocenters. The molecule has 4 aliphatic rings. The average molecular weight is 106 g/mol. The van der Waals surface area contributed by atoms with Crippen molar-refractivity contribution in [2.45, 2.75) is 19.3 Å². The van der Waals surface area contributed by atoms with E-state index in [1.807, 2.05) is 0 Å². The minimum Gasteiger partial charge on any atom is -0.0467 e. The van der Waals surface area contributed by atoms with E-state index >= 15 is 0 Å². The Morgan fingerprint density at radius 3 is 2.62 bits per heavy atom. The first-order valence-corrected chi connectivity index (χ1v) is 3.93. The van der Waals surface area contributed by atoms with Crippen LogP contribution in [-0.4, -0.2) is 0 Å². The molecule has 42 valence electrons. The van der Waals surface area contributed by atoms with E-state index in [-0.39, 0.29) is 0 Å². The fraction of sp³-hybridized carbons (Fsp3) is 1.00. The number of hydrogen-bond donors (Lipinski definition) is 0. The molecule has 0 nitrogen and oxygen atoms in total. The third-order valence-electron chi connectivity index (χ3n) is 4.49. The zero-order chi connectivity index (χ0) is 4.93. The standard InChI is InChI=1S/C8H10/c1-4-2-6-7(4)8(6)3-5(1)8/h4-7H,1-3H2/t4?,5?,6?,7-,8?/m0/s1. The molecule has 0 aliphatic heterocycles. The Bertz CT molecular complexity index is 172. The van der Waals surface area contributed by atoms with Gasteiger partial charge in [-0.15, -0.1) is 0 Å². The van der Waals surface area contributed by atoms with Gasteiger partial charge in [-0.1, -0.05) is 0 Å². The SMILES string of the molecule is C1C2CC3[C@H]2C32CC12. The molecule has 0 aromatic rings. The Morgan fingerprint density at radius 1 is 1.25 bits per heavy atom. The van der Waals surface area contributed by atoms with E-state index in [2.05, 4.69) is 0 Å². The highest BCUT2D eigenvalue weighted by atomic mass is 14.9. The monoisotopic (exact) mass is 106 g/mol. The van der Waals surface area contributed by atoms with Crippen LogP contribution in [0.4, 0.5) is 0 Å². The molecule has 0 radical (unpaired) electrons. The summed E-state index contributed by atoms with van der Waals surface area (Å²) in [5.74, 6) is 5.09. The fourth-order valence-corrected chi connectivity index (χ4v) is 4.13. The van der Waals surface area contributed by atoms with Crippen molar-refractivity contribution in [3.63, 3.8) is 0 Å². The molecule has 0 saturated heterocycles. The molecule has 0 aromatic heterocycles. The van der Waals surface area contributed by atoms with Crippen LogP contribution in [-0.2, 0) is 0 Å². The van der Waals surface area contributed by atoms with Gasteiger partial charge in [0, 0.05) is 0 Å². The van der Waals surface area contributed by atoms with Crippen LogP contribution in [0.5, 0.6) is 0 Å². The van der Waals surface area contributed by atoms with Crippen LogP contribution < -0.4 is 0 Å². The fourth-order valence-electron chi connectivity index (χ4n) is 4.13. The van der Waals surface area contributed by atoms with Crippen LogP contribution in [0.3, 0.4) is 0 Å². The zero-order valence-corrected chi connectivity index (χ0v) is 4.93. The molecule has 4 aliphatic carbocycles. The van der Waals surface area contributed by atoms with Gasteiger partial charge in [0.1, 0.15) is 0 Å². The Labute approximate surface area is 49.3 Å². The molecule has 0 aromatic carbocycles. The Kier molecular flexibility index (Phi) is 0.231. The van der Waals surface area contributed by atoms with Gasteiger partial charge < -0.3 is 0 Å². The predicted octanol–water partition coefficient (Wildman–Crippen LogP) is 1.66. The van der Waals surface area contributed by atoms with E-state index in [9.17, 15) is 0 Å². The molecule has 1 spiro atoms. The van der Waals surface area contributed by atoms with Crippen molar-refractivity contribution in [3.8, 4) is 0 Å². The van der Waals surface area contributed by atoms with E-state index in [0.717, 1.165) is 5.41 Å². The summed E-state index contributed by atoms with van der Waals surface area (Å²) in [6.45, 7) is 0. The maximum absolute atomic E-state index is 1.65. The van der Waals surface area contributed by atoms with Crippen LogP contribution in [0.15, 0.2) is 0 Å². The summed E-state index contributed by atoms with van der Waals surface area (Å²) in [5.41, 5.74) is 1.06. The first-order chi connectivity index (χ1) is 3.93. The minimum absolute atomic E-state index is 1.06. The molecule has 0 amide bonds. The molecular formula is C8H10. The number of hydrogen-bond acceptors (Lipinski definition) is 0. The van der Waals surface area contributed by atoms with Gasteiger partial charge in [0.25, 0.3) is 0 Å². The lowest BCUT2D eigenvalue weighted by Gasteiger charge is -2.23. The van der Waals surface area contributed by atoms with Gasteiger partial charge in [-0.2, -0.15) is 0 Å². The maximum atomic E-state index is 1.65. The lowest BCUT2D eigenvalue weighted by Crippen LogP contribution is -2.15. The van der Waals surface area contributed by atoms with E-state index in [4.69, 9.17) is 0 Å². The molecule has 0 heterocycles. The Hall–Kier alpha value is 0. The largest absolute Gasteiger partial charge is 0.0467 e. The van der Waals surface area contributed by atoms with Crippen molar-refractivity contribution in [1.82, 2.24) is 0 Å². The topological polar surface area (TPSA) is 0 Å². The van der Waals surface area contributed by atoms with Crippen molar-refractivity contribution < 1.29 is 0 Å². The van der Waals surface area contributed by atoms with Gasteiger partial charge in [-0.3, -0.25) is 0 Å². The van der Waals surface area contributed by atoms with Crippen LogP contribution in [0.25, 0.3) is 0 Å². The maximum Gasteiger partial charge on any atom is -0.0201 e. The van der Waals surface area contributed by atoms with Crippen LogP contribution in [0, 0.1) is 29.1 Å². The van der Waals surface area contributed by atoms with E-state index < -0.39 is 0 Å². The molecule has 4 fully saturated rings. The molecule has 4 unspecified atom stereocenters. The second-order valence-electron chi connectivity index (χ2n) is 4.38. The van der Waals surface area contributed by atoms with Gasteiger partial charge >= 0.3 is 0 Å². The van der Waals surface area contributed by atoms with Crippen molar-refractivity contribution in [3.05, 3.63) is 0 Å². The highest BCUT2D eigenvalue weighted by molar-refractivity contribution is 5.36. The van der Waals surface area contributed by atoms with Crippen molar-refractivity contribution in [2.75, 3.05) is 0 Å². The summed E-state index contributed by atoms with van der Waals surface area (Å²) in [6, 6.07) is 0. The lowest BCUT2D eigenvalue weighted by molar-refractivity contribution is 0.261. The quantitative estimate of drug-likeness (QED) is 0.440. The summed E-state index contributed by atoms with van der Waals surface area (Å²) >= 11 is 0. The molecule has 8 heavy (non-hydrogen) atoms. The van der Waals surface area contributed by atoms with E-state index in [1.54, 1.807) is 19.3 Å². The highest BCUT2D eigenvalue weighted by Gasteiger charge is 2.88. The van der Waals surface area contributed by atoms with Gasteiger partial charge in [0.15, 0.2) is 0 Å². The van der Waals surface area contributed by atoms with E-state index in [0.29, 0.717) is 0 Å². The summed E-state index contributed by atoms with van der Waals surface area (Å²) < 4.78 is 0. The van der Waals surface area contributed by atoms with E-state index in [1.165, 1.54) is 23.7 Å². The summed E-state index contributed by atoms with van der Waals surface area (Å²) in [5, 5.41) is 0. The summed E-state index contributed by atoms with van der Waals surface area (Å²) in [6.07, 6.45) is 4.93. The third-order valence-corrected chi connectivity index (χ3v) is 4.49.